The Morgan fingerprint density at radius 2 is 1.92 bits per heavy atom. The number of fused-ring (bicyclic) bond motifs is 1. The van der Waals surface area contributed by atoms with E-state index in [1.54, 1.807) is 16.7 Å². The maximum atomic E-state index is 12.2. The monoisotopic (exact) mass is 423 g/mol. The third-order valence-corrected chi connectivity index (χ3v) is 4.53. The number of rotatable bonds is 5. The fourth-order valence-corrected chi connectivity index (χ4v) is 3.16. The molecule has 0 N–H and O–H groups in total. The summed E-state index contributed by atoms with van der Waals surface area (Å²) >= 11 is 3.28. The summed E-state index contributed by atoms with van der Waals surface area (Å²) < 4.78 is 9.78. The van der Waals surface area contributed by atoms with Crippen LogP contribution in [0.3, 0.4) is 0 Å². The lowest BCUT2D eigenvalue weighted by Gasteiger charge is -2.11. The Balaban J connectivity index is 1.94. The fraction of sp³-hybridized carbons (Fsp3) is 0.267. The second kappa shape index (κ2) is 6.75. The van der Waals surface area contributed by atoms with E-state index >= 15 is 0 Å². The van der Waals surface area contributed by atoms with Crippen LogP contribution in [-0.2, 0) is 20.6 Å². The number of hydrogen-bond donors (Lipinski definition) is 0. The number of benzene rings is 1. The first-order valence-electron chi connectivity index (χ1n) is 7.51. The number of nitro benzene ring substituents is 1. The van der Waals surface area contributed by atoms with Crippen LogP contribution in [0, 0.1) is 10.1 Å². The zero-order valence-electron chi connectivity index (χ0n) is 13.9. The second-order valence-electron chi connectivity index (χ2n) is 5.48. The predicted molar refractivity (Wildman–Crippen MR) is 96.5 cm³/mol. The van der Waals surface area contributed by atoms with E-state index < -0.39 is 16.2 Å². The van der Waals surface area contributed by atoms with Crippen LogP contribution in [0.25, 0.3) is 11.2 Å². The number of nitro groups is 1. The highest BCUT2D eigenvalue weighted by Gasteiger charge is 2.18. The molecule has 0 spiro atoms. The van der Waals surface area contributed by atoms with Gasteiger partial charge in [-0.15, -0.1) is 0 Å². The molecule has 0 aliphatic heterocycles. The van der Waals surface area contributed by atoms with Gasteiger partial charge in [-0.25, -0.2) is 9.78 Å². The first-order valence-corrected chi connectivity index (χ1v) is 8.30. The van der Waals surface area contributed by atoms with Gasteiger partial charge in [-0.05, 0) is 22.0 Å². The number of halogens is 1. The molecule has 0 radical (unpaired) electrons. The largest absolute Gasteiger partial charge is 0.485 e. The Morgan fingerprint density at radius 1 is 1.23 bits per heavy atom. The molecule has 1 aromatic carbocycles. The molecule has 0 aliphatic carbocycles. The summed E-state index contributed by atoms with van der Waals surface area (Å²) in [6, 6.07) is 6.05. The minimum absolute atomic E-state index is 0.0817. The molecular formula is C15H14BrN5O5. The van der Waals surface area contributed by atoms with Crippen molar-refractivity contribution in [2.75, 3.05) is 6.61 Å². The molecule has 0 saturated carbocycles. The summed E-state index contributed by atoms with van der Waals surface area (Å²) in [5.41, 5.74) is -0.621. The average molecular weight is 424 g/mol. The average Bonchev–Trinajstić information content (AvgIpc) is 2.95. The fourth-order valence-electron chi connectivity index (χ4n) is 2.64. The van der Waals surface area contributed by atoms with E-state index in [0.717, 1.165) is 4.57 Å². The lowest BCUT2D eigenvalue weighted by atomic mass is 10.3. The number of nitrogens with zero attached hydrogens (tertiary/aromatic N) is 5. The standard InChI is InChI=1S/C15H14BrN5O5/c1-18-12-11(13(22)19(2)15(18)23)17-14(16)20(12)7-8-26-10-6-4-3-5-9(10)21(24)25/h3-6H,7-8H2,1-2H3. The van der Waals surface area contributed by atoms with Crippen LogP contribution in [0.15, 0.2) is 38.6 Å². The molecule has 3 rings (SSSR count). The lowest BCUT2D eigenvalue weighted by molar-refractivity contribution is -0.385. The molecule has 11 heteroatoms. The third-order valence-electron chi connectivity index (χ3n) is 3.93. The number of hydrogen-bond acceptors (Lipinski definition) is 6. The Labute approximate surface area is 154 Å². The van der Waals surface area contributed by atoms with Crippen LogP contribution in [-0.4, -0.2) is 30.2 Å². The molecule has 2 aromatic heterocycles. The highest BCUT2D eigenvalue weighted by atomic mass is 79.9. The van der Waals surface area contributed by atoms with E-state index in [0.29, 0.717) is 10.4 Å². The van der Waals surface area contributed by atoms with Crippen LogP contribution >= 0.6 is 15.9 Å². The Kier molecular flexibility index (Phi) is 4.64. The van der Waals surface area contributed by atoms with E-state index in [1.165, 1.54) is 30.8 Å². The van der Waals surface area contributed by atoms with Crippen molar-refractivity contribution in [2.45, 2.75) is 6.54 Å². The summed E-state index contributed by atoms with van der Waals surface area (Å²) in [6.07, 6.45) is 0. The molecule has 0 amide bonds. The summed E-state index contributed by atoms with van der Waals surface area (Å²) in [5, 5.41) is 11.0. The van der Waals surface area contributed by atoms with Crippen molar-refractivity contribution in [3.63, 3.8) is 0 Å². The van der Waals surface area contributed by atoms with Crippen molar-refractivity contribution in [2.24, 2.45) is 14.1 Å². The summed E-state index contributed by atoms with van der Waals surface area (Å²) in [7, 11) is 2.92. The van der Waals surface area contributed by atoms with E-state index in [4.69, 9.17) is 4.74 Å². The predicted octanol–water partition coefficient (Wildman–Crippen LogP) is 1.18. The Hall–Kier alpha value is -2.95. The minimum atomic E-state index is -0.523. The zero-order valence-corrected chi connectivity index (χ0v) is 15.5. The quantitative estimate of drug-likeness (QED) is 0.345. The van der Waals surface area contributed by atoms with Crippen molar-refractivity contribution in [3.05, 3.63) is 60.0 Å². The molecule has 0 aliphatic rings. The molecule has 0 saturated heterocycles. The summed E-state index contributed by atoms with van der Waals surface area (Å²) in [6.45, 7) is 0.307. The molecule has 26 heavy (non-hydrogen) atoms. The number of ether oxygens (including phenoxy) is 1. The van der Waals surface area contributed by atoms with Gasteiger partial charge in [0.05, 0.1) is 11.5 Å². The molecule has 0 atom stereocenters. The van der Waals surface area contributed by atoms with Gasteiger partial charge in [0.1, 0.15) is 6.61 Å². The Morgan fingerprint density at radius 3 is 2.62 bits per heavy atom. The van der Waals surface area contributed by atoms with E-state index in [1.807, 2.05) is 0 Å². The van der Waals surface area contributed by atoms with Gasteiger partial charge in [-0.3, -0.25) is 24.0 Å². The maximum absolute atomic E-state index is 12.2. The first-order chi connectivity index (χ1) is 12.3. The van der Waals surface area contributed by atoms with Gasteiger partial charge in [-0.1, -0.05) is 12.1 Å². The topological polar surface area (TPSA) is 114 Å². The number of aryl methyl sites for hydroxylation is 1. The van der Waals surface area contributed by atoms with Gasteiger partial charge in [-0.2, -0.15) is 0 Å². The molecule has 136 valence electrons. The van der Waals surface area contributed by atoms with Crippen molar-refractivity contribution >= 4 is 32.8 Å². The first kappa shape index (κ1) is 17.9. The van der Waals surface area contributed by atoms with Crippen molar-refractivity contribution < 1.29 is 9.66 Å². The van der Waals surface area contributed by atoms with Crippen LogP contribution in [0.4, 0.5) is 5.69 Å². The van der Waals surface area contributed by atoms with E-state index in [-0.39, 0.29) is 30.1 Å². The molecule has 3 aromatic rings. The molecular weight excluding hydrogens is 410 g/mol. The van der Waals surface area contributed by atoms with Crippen molar-refractivity contribution in [1.29, 1.82) is 0 Å². The minimum Gasteiger partial charge on any atom is -0.485 e. The van der Waals surface area contributed by atoms with Gasteiger partial charge in [0, 0.05) is 20.2 Å². The third kappa shape index (κ3) is 2.90. The number of para-hydroxylation sites is 2. The van der Waals surface area contributed by atoms with Gasteiger partial charge in [0.15, 0.2) is 21.6 Å². The van der Waals surface area contributed by atoms with Gasteiger partial charge in [0.2, 0.25) is 0 Å². The number of aromatic nitrogens is 4. The SMILES string of the molecule is Cn1c(=O)c2nc(Br)n(CCOc3ccccc3[N+](=O)[O-])c2n(C)c1=O. The maximum Gasteiger partial charge on any atom is 0.332 e. The summed E-state index contributed by atoms with van der Waals surface area (Å²) in [4.78, 5) is 39.0. The van der Waals surface area contributed by atoms with Crippen LogP contribution in [0.2, 0.25) is 0 Å². The van der Waals surface area contributed by atoms with Gasteiger partial charge >= 0.3 is 11.4 Å². The van der Waals surface area contributed by atoms with E-state index in [2.05, 4.69) is 20.9 Å². The smallest absolute Gasteiger partial charge is 0.332 e. The van der Waals surface area contributed by atoms with Crippen molar-refractivity contribution in [1.82, 2.24) is 18.7 Å². The molecule has 0 fully saturated rings. The van der Waals surface area contributed by atoms with Crippen LogP contribution in [0.5, 0.6) is 5.75 Å². The van der Waals surface area contributed by atoms with Crippen LogP contribution in [0.1, 0.15) is 0 Å². The van der Waals surface area contributed by atoms with Crippen LogP contribution < -0.4 is 16.0 Å². The second-order valence-corrected chi connectivity index (χ2v) is 6.19. The highest BCUT2D eigenvalue weighted by Crippen LogP contribution is 2.26. The normalized spacial score (nSPS) is 11.0. The Bertz CT molecular complexity index is 1130. The molecule has 2 heterocycles. The van der Waals surface area contributed by atoms with E-state index in [9.17, 15) is 19.7 Å². The van der Waals surface area contributed by atoms with Crippen molar-refractivity contribution in [3.8, 4) is 5.75 Å². The molecule has 0 bridgehead atoms. The highest BCUT2D eigenvalue weighted by molar-refractivity contribution is 9.10. The van der Waals surface area contributed by atoms with Gasteiger partial charge in [0.25, 0.3) is 5.56 Å². The lowest BCUT2D eigenvalue weighted by Crippen LogP contribution is -2.37. The molecule has 10 nitrogen and oxygen atoms in total. The summed E-state index contributed by atoms with van der Waals surface area (Å²) in [5.74, 6) is 0.142. The van der Waals surface area contributed by atoms with Gasteiger partial charge < -0.3 is 9.30 Å². The number of imidazole rings is 1. The molecule has 0 unspecified atom stereocenters. The zero-order chi connectivity index (χ0) is 19.0.